The minimum absolute atomic E-state index is 0.0157. The minimum atomic E-state index is -4.95. The van der Waals surface area contributed by atoms with E-state index in [2.05, 4.69) is 0 Å². The highest BCUT2D eigenvalue weighted by Crippen LogP contribution is 2.39. The van der Waals surface area contributed by atoms with E-state index in [1.165, 1.54) is 6.92 Å². The summed E-state index contributed by atoms with van der Waals surface area (Å²) in [6.07, 6.45) is -4.88. The van der Waals surface area contributed by atoms with Crippen LogP contribution in [0.3, 0.4) is 0 Å². The molecule has 31 heavy (non-hydrogen) atoms. The zero-order valence-electron chi connectivity index (χ0n) is 16.9. The first kappa shape index (κ1) is 22.8. The Bertz CT molecular complexity index is 1300. The molecule has 0 aliphatic carbocycles. The first-order valence-corrected chi connectivity index (χ1v) is 9.44. The van der Waals surface area contributed by atoms with E-state index in [1.54, 1.807) is 6.92 Å². The van der Waals surface area contributed by atoms with Gasteiger partial charge in [0.15, 0.2) is 5.58 Å². The molecule has 0 fully saturated rings. The van der Waals surface area contributed by atoms with Crippen molar-refractivity contribution < 1.29 is 26.8 Å². The molecule has 0 aliphatic rings. The third kappa shape index (κ3) is 3.80. The Morgan fingerprint density at radius 3 is 2.42 bits per heavy atom. The van der Waals surface area contributed by atoms with E-state index in [0.29, 0.717) is 4.57 Å². The van der Waals surface area contributed by atoms with Gasteiger partial charge in [-0.15, -0.1) is 0 Å². The molecule has 0 radical (unpaired) electrons. The van der Waals surface area contributed by atoms with Gasteiger partial charge in [0.1, 0.15) is 28.7 Å². The Morgan fingerprint density at radius 1 is 1.26 bits per heavy atom. The number of hydrogen-bond acceptors (Lipinski definition) is 4. The second-order valence-corrected chi connectivity index (χ2v) is 7.72. The molecule has 2 heterocycles. The van der Waals surface area contributed by atoms with Crippen molar-refractivity contribution in [1.82, 2.24) is 9.13 Å². The quantitative estimate of drug-likeness (QED) is 0.538. The Balaban J connectivity index is 2.41. The van der Waals surface area contributed by atoms with Gasteiger partial charge in [0.25, 0.3) is 5.56 Å². The molecule has 0 aliphatic heterocycles. The average molecular weight is 461 g/mol. The molecule has 0 amide bonds. The maximum atomic E-state index is 14.4. The predicted octanol–water partition coefficient (Wildman–Crippen LogP) is 4.48. The molecule has 1 aromatic carbocycles. The van der Waals surface area contributed by atoms with Crippen molar-refractivity contribution in [2.75, 3.05) is 0 Å². The molecule has 0 spiro atoms. The first-order chi connectivity index (χ1) is 14.3. The molecular formula is C20H17ClF4N2O4. The summed E-state index contributed by atoms with van der Waals surface area (Å²) in [6, 6.07) is 1.82. The molecule has 3 rings (SSSR count). The first-order valence-electron chi connectivity index (χ1n) is 9.06. The number of alkyl halides is 3. The molecule has 0 bridgehead atoms. The van der Waals surface area contributed by atoms with Crippen LogP contribution in [-0.4, -0.2) is 14.9 Å². The van der Waals surface area contributed by atoms with E-state index in [1.807, 2.05) is 0 Å². The second-order valence-electron chi connectivity index (χ2n) is 7.34. The number of hydrogen-bond donors (Lipinski definition) is 0. The fraction of sp³-hybridized carbons (Fsp3) is 0.350. The van der Waals surface area contributed by atoms with Gasteiger partial charge >= 0.3 is 11.9 Å². The Hall–Kier alpha value is -2.88. The lowest BCUT2D eigenvalue weighted by atomic mass is 10.0. The number of halogens is 5. The number of rotatable bonds is 4. The van der Waals surface area contributed by atoms with Crippen molar-refractivity contribution in [3.63, 3.8) is 0 Å². The fourth-order valence-corrected chi connectivity index (χ4v) is 3.98. The van der Waals surface area contributed by atoms with Crippen molar-refractivity contribution in [2.45, 2.75) is 39.3 Å². The smallest absolute Gasteiger partial charge is 0.432 e. The summed E-state index contributed by atoms with van der Waals surface area (Å²) in [5.41, 5.74) is -5.29. The Morgan fingerprint density at radius 2 is 1.87 bits per heavy atom. The fourth-order valence-electron chi connectivity index (χ4n) is 3.61. The van der Waals surface area contributed by atoms with E-state index in [-0.39, 0.29) is 44.2 Å². The minimum Gasteiger partial charge on any atom is -0.457 e. The third-order valence-corrected chi connectivity index (χ3v) is 5.33. The summed E-state index contributed by atoms with van der Waals surface area (Å²) in [5, 5.41) is 0.00609. The molecule has 1 unspecified atom stereocenters. The normalized spacial score (nSPS) is 13.1. The number of benzene rings is 1. The number of ketones is 1. The number of nitrogens with zero attached hydrogens (tertiary/aromatic N) is 2. The van der Waals surface area contributed by atoms with Gasteiger partial charge in [-0.2, -0.15) is 13.2 Å². The van der Waals surface area contributed by atoms with Crippen molar-refractivity contribution >= 4 is 28.4 Å². The van der Waals surface area contributed by atoms with Crippen molar-refractivity contribution in [2.24, 2.45) is 7.05 Å². The van der Waals surface area contributed by atoms with Gasteiger partial charge in [-0.25, -0.2) is 13.8 Å². The van der Waals surface area contributed by atoms with Crippen LogP contribution < -0.4 is 11.2 Å². The van der Waals surface area contributed by atoms with Gasteiger partial charge < -0.3 is 9.21 Å². The zero-order chi connectivity index (χ0) is 23.4. The van der Waals surface area contributed by atoms with Crippen LogP contribution in [-0.2, 0) is 18.0 Å². The molecule has 2 aromatic heterocycles. The molecule has 0 saturated heterocycles. The largest absolute Gasteiger partial charge is 0.457 e. The maximum absolute atomic E-state index is 14.4. The third-order valence-electron chi connectivity index (χ3n) is 4.94. The van der Waals surface area contributed by atoms with Crippen molar-refractivity contribution in [3.8, 4) is 5.69 Å². The summed E-state index contributed by atoms with van der Waals surface area (Å²) in [4.78, 5) is 36.9. The molecule has 0 N–H and O–H groups in total. The van der Waals surface area contributed by atoms with Crippen molar-refractivity contribution in [3.05, 3.63) is 60.8 Å². The van der Waals surface area contributed by atoms with E-state index in [9.17, 15) is 31.9 Å². The van der Waals surface area contributed by atoms with Crippen LogP contribution in [0.1, 0.15) is 43.2 Å². The SMILES string of the molecule is CC(=O)CC(C)c1oc2c(-n3c(=O)c(C)c(C(F)(F)F)n(C)c3=O)cc(F)cc2c1Cl. The summed E-state index contributed by atoms with van der Waals surface area (Å²) >= 11 is 6.30. The lowest BCUT2D eigenvalue weighted by Crippen LogP contribution is -2.43. The van der Waals surface area contributed by atoms with E-state index in [4.69, 9.17) is 16.0 Å². The molecule has 6 nitrogen and oxygen atoms in total. The predicted molar refractivity (Wildman–Crippen MR) is 105 cm³/mol. The lowest BCUT2D eigenvalue weighted by Gasteiger charge is -2.17. The number of carbonyl (C=O) groups is 1. The van der Waals surface area contributed by atoms with Gasteiger partial charge in [0, 0.05) is 36.4 Å². The zero-order valence-corrected chi connectivity index (χ0v) is 17.6. The van der Waals surface area contributed by atoms with Crippen LogP contribution in [0.2, 0.25) is 5.02 Å². The standard InChI is InChI=1S/C20H17ClF4N2O4/c1-8(5-9(2)28)15-14(21)12-6-11(22)7-13(16(12)31-15)27-18(29)10(3)17(20(23,24)25)26(4)19(27)30/h6-8H,5H2,1-4H3. The number of aromatic nitrogens is 2. The molecule has 1 atom stereocenters. The van der Waals surface area contributed by atoms with Gasteiger partial charge in [0.2, 0.25) is 0 Å². The number of carbonyl (C=O) groups excluding carboxylic acids is 1. The lowest BCUT2D eigenvalue weighted by molar-refractivity contribution is -0.144. The molecule has 11 heteroatoms. The van der Waals surface area contributed by atoms with Crippen LogP contribution in [0.15, 0.2) is 26.1 Å². The highest BCUT2D eigenvalue weighted by Gasteiger charge is 2.38. The van der Waals surface area contributed by atoms with E-state index in [0.717, 1.165) is 26.1 Å². The van der Waals surface area contributed by atoms with E-state index >= 15 is 0 Å². The van der Waals surface area contributed by atoms with Crippen molar-refractivity contribution in [1.29, 1.82) is 0 Å². The average Bonchev–Trinajstić information content (AvgIpc) is 2.95. The topological polar surface area (TPSA) is 74.2 Å². The Kier molecular flexibility index (Phi) is 5.64. The second kappa shape index (κ2) is 7.67. The number of Topliss-reactive ketones (excluding diaryl/α,β-unsaturated/α-hetero) is 1. The monoisotopic (exact) mass is 460 g/mol. The van der Waals surface area contributed by atoms with Gasteiger partial charge in [-0.3, -0.25) is 9.36 Å². The maximum Gasteiger partial charge on any atom is 0.432 e. The molecular weight excluding hydrogens is 444 g/mol. The highest BCUT2D eigenvalue weighted by molar-refractivity contribution is 6.36. The van der Waals surface area contributed by atoms with Crippen LogP contribution in [0.25, 0.3) is 16.7 Å². The van der Waals surface area contributed by atoms with Crippen LogP contribution >= 0.6 is 11.6 Å². The number of fused-ring (bicyclic) bond motifs is 1. The van der Waals surface area contributed by atoms with E-state index < -0.39 is 40.4 Å². The van der Waals surface area contributed by atoms with Crippen LogP contribution in [0, 0.1) is 12.7 Å². The highest BCUT2D eigenvalue weighted by atomic mass is 35.5. The summed E-state index contributed by atoms with van der Waals surface area (Å²) < 4.78 is 60.8. The molecule has 3 aromatic rings. The molecule has 0 saturated carbocycles. The summed E-state index contributed by atoms with van der Waals surface area (Å²) in [7, 11) is 0.861. The van der Waals surface area contributed by atoms with Gasteiger partial charge in [-0.1, -0.05) is 18.5 Å². The summed E-state index contributed by atoms with van der Waals surface area (Å²) in [6.45, 7) is 3.94. The Labute approximate surface area is 177 Å². The number of furan rings is 1. The van der Waals surface area contributed by atoms with Gasteiger partial charge in [-0.05, 0) is 19.9 Å². The summed E-state index contributed by atoms with van der Waals surface area (Å²) in [5.74, 6) is -1.41. The van der Waals surface area contributed by atoms with Crippen LogP contribution in [0.4, 0.5) is 17.6 Å². The van der Waals surface area contributed by atoms with Gasteiger partial charge in [0.05, 0.1) is 5.02 Å². The van der Waals surface area contributed by atoms with Crippen LogP contribution in [0.5, 0.6) is 0 Å². The molecule has 166 valence electrons.